The average Bonchev–Trinajstić information content (AvgIpc) is 3.18. The van der Waals surface area contributed by atoms with Crippen LogP contribution in [-0.2, 0) is 0 Å². The van der Waals surface area contributed by atoms with Gasteiger partial charge in [-0.1, -0.05) is 23.5 Å². The minimum absolute atomic E-state index is 0.640. The predicted octanol–water partition coefficient (Wildman–Crippen LogP) is 3.98. The van der Waals surface area contributed by atoms with Crippen LogP contribution in [0.2, 0.25) is 0 Å². The Balaban J connectivity index is 1.57. The predicted molar refractivity (Wildman–Crippen MR) is 95.9 cm³/mol. The average molecular weight is 333 g/mol. The number of hydrogen-bond donors (Lipinski definition) is 1. The second-order valence-electron chi connectivity index (χ2n) is 6.13. The van der Waals surface area contributed by atoms with E-state index in [1.165, 1.54) is 12.8 Å². The van der Waals surface area contributed by atoms with Gasteiger partial charge in [-0.05, 0) is 37.1 Å². The molecule has 0 bridgehead atoms. The number of imidazole rings is 1. The van der Waals surface area contributed by atoms with Crippen molar-refractivity contribution in [2.75, 3.05) is 5.73 Å². The van der Waals surface area contributed by atoms with Gasteiger partial charge in [0.25, 0.3) is 0 Å². The molecule has 0 aliphatic heterocycles. The molecule has 5 nitrogen and oxygen atoms in total. The van der Waals surface area contributed by atoms with Gasteiger partial charge in [-0.25, -0.2) is 4.98 Å². The third-order valence-corrected chi connectivity index (χ3v) is 5.44. The molecule has 3 heterocycles. The largest absolute Gasteiger partial charge is 0.399 e. The fraction of sp³-hybridized carbons (Fsp3) is 0.167. The van der Waals surface area contributed by atoms with Crippen LogP contribution in [0.25, 0.3) is 27.5 Å². The quantitative estimate of drug-likeness (QED) is 0.576. The van der Waals surface area contributed by atoms with E-state index in [2.05, 4.69) is 31.7 Å². The van der Waals surface area contributed by atoms with E-state index in [1.54, 1.807) is 11.3 Å². The van der Waals surface area contributed by atoms with Crippen molar-refractivity contribution in [2.45, 2.75) is 18.8 Å². The third kappa shape index (κ3) is 2.27. The lowest BCUT2D eigenvalue weighted by molar-refractivity contribution is 0.977. The van der Waals surface area contributed by atoms with E-state index in [-0.39, 0.29) is 0 Å². The molecule has 2 N–H and O–H groups in total. The number of pyridine rings is 1. The molecule has 1 aliphatic rings. The summed E-state index contributed by atoms with van der Waals surface area (Å²) in [4.78, 5) is 4.54. The number of nitrogens with two attached hydrogens (primary N) is 1. The molecule has 1 fully saturated rings. The van der Waals surface area contributed by atoms with Crippen LogP contribution in [0.1, 0.15) is 23.8 Å². The van der Waals surface area contributed by atoms with Gasteiger partial charge < -0.3 is 5.73 Å². The van der Waals surface area contributed by atoms with E-state index in [0.717, 1.165) is 38.2 Å². The summed E-state index contributed by atoms with van der Waals surface area (Å²) >= 11 is 1.69. The number of nitrogen functional groups attached to an aromatic ring is 1. The summed E-state index contributed by atoms with van der Waals surface area (Å²) in [5.41, 5.74) is 10.7. The molecule has 3 aromatic heterocycles. The fourth-order valence-corrected chi connectivity index (χ4v) is 3.88. The highest BCUT2D eigenvalue weighted by molar-refractivity contribution is 7.14. The molecule has 0 unspecified atom stereocenters. The lowest BCUT2D eigenvalue weighted by Crippen LogP contribution is -1.90. The first kappa shape index (κ1) is 13.7. The smallest absolute Gasteiger partial charge is 0.148 e. The van der Waals surface area contributed by atoms with Gasteiger partial charge in [0, 0.05) is 28.9 Å². The summed E-state index contributed by atoms with van der Waals surface area (Å²) < 4.78 is 2.07. The topological polar surface area (TPSA) is 69.1 Å². The van der Waals surface area contributed by atoms with E-state index < -0.39 is 0 Å². The van der Waals surface area contributed by atoms with Crippen LogP contribution in [0, 0.1) is 0 Å². The SMILES string of the molecule is Nc1cccc(-c2cnc3cc(-c4nnc(C5CC5)s4)ccn23)c1. The van der Waals surface area contributed by atoms with E-state index in [1.807, 2.05) is 36.7 Å². The van der Waals surface area contributed by atoms with Crippen molar-refractivity contribution in [2.24, 2.45) is 0 Å². The Kier molecular flexibility index (Phi) is 2.93. The van der Waals surface area contributed by atoms with Crippen LogP contribution in [0.5, 0.6) is 0 Å². The van der Waals surface area contributed by atoms with Crippen molar-refractivity contribution in [1.29, 1.82) is 0 Å². The maximum Gasteiger partial charge on any atom is 0.148 e. The molecule has 0 radical (unpaired) electrons. The second-order valence-corrected chi connectivity index (χ2v) is 7.14. The van der Waals surface area contributed by atoms with Crippen LogP contribution in [-0.4, -0.2) is 19.6 Å². The van der Waals surface area contributed by atoms with Gasteiger partial charge in [-0.15, -0.1) is 10.2 Å². The first-order chi connectivity index (χ1) is 11.8. The van der Waals surface area contributed by atoms with Crippen LogP contribution < -0.4 is 5.73 Å². The van der Waals surface area contributed by atoms with Gasteiger partial charge in [0.2, 0.25) is 0 Å². The van der Waals surface area contributed by atoms with Gasteiger partial charge >= 0.3 is 0 Å². The number of hydrogen-bond acceptors (Lipinski definition) is 5. The summed E-state index contributed by atoms with van der Waals surface area (Å²) in [5.74, 6) is 0.640. The fourth-order valence-electron chi connectivity index (χ4n) is 2.87. The van der Waals surface area contributed by atoms with Gasteiger partial charge in [0.15, 0.2) is 0 Å². The van der Waals surface area contributed by atoms with E-state index in [4.69, 9.17) is 5.73 Å². The molecule has 4 aromatic rings. The molecular weight excluding hydrogens is 318 g/mol. The number of benzene rings is 1. The Morgan fingerprint density at radius 1 is 1.08 bits per heavy atom. The zero-order valence-electron chi connectivity index (χ0n) is 12.9. The molecule has 24 heavy (non-hydrogen) atoms. The van der Waals surface area contributed by atoms with Crippen LogP contribution in [0.3, 0.4) is 0 Å². The molecule has 0 atom stereocenters. The first-order valence-corrected chi connectivity index (χ1v) is 8.76. The Labute approximate surface area is 142 Å². The highest BCUT2D eigenvalue weighted by Gasteiger charge is 2.27. The highest BCUT2D eigenvalue weighted by atomic mass is 32.1. The van der Waals surface area contributed by atoms with Crippen molar-refractivity contribution in [3.05, 3.63) is 53.8 Å². The van der Waals surface area contributed by atoms with Crippen molar-refractivity contribution < 1.29 is 0 Å². The van der Waals surface area contributed by atoms with Gasteiger partial charge in [0.05, 0.1) is 11.9 Å². The summed E-state index contributed by atoms with van der Waals surface area (Å²) in [6.45, 7) is 0. The Hall–Kier alpha value is -2.73. The zero-order valence-corrected chi connectivity index (χ0v) is 13.7. The zero-order chi connectivity index (χ0) is 16.1. The molecule has 0 saturated heterocycles. The Morgan fingerprint density at radius 3 is 2.83 bits per heavy atom. The van der Waals surface area contributed by atoms with Crippen molar-refractivity contribution in [3.8, 4) is 21.8 Å². The summed E-state index contributed by atoms with van der Waals surface area (Å²) in [5, 5.41) is 10.8. The third-order valence-electron chi connectivity index (χ3n) is 4.31. The standard InChI is InChI=1S/C18H15N5S/c19-14-3-1-2-12(8-14)15-10-20-16-9-13(6-7-23(15)16)18-22-21-17(24-18)11-4-5-11/h1-3,6-11H,4-5,19H2. The Bertz CT molecular complexity index is 1040. The van der Waals surface area contributed by atoms with Gasteiger partial charge in [-0.2, -0.15) is 0 Å². The molecule has 5 rings (SSSR count). The molecule has 0 spiro atoms. The molecule has 118 valence electrons. The number of fused-ring (bicyclic) bond motifs is 1. The lowest BCUT2D eigenvalue weighted by atomic mass is 10.1. The maximum absolute atomic E-state index is 5.90. The van der Waals surface area contributed by atoms with Gasteiger partial charge in [-0.3, -0.25) is 4.40 Å². The summed E-state index contributed by atoms with van der Waals surface area (Å²) in [6, 6.07) is 12.0. The number of anilines is 1. The van der Waals surface area contributed by atoms with E-state index in [0.29, 0.717) is 5.92 Å². The van der Waals surface area contributed by atoms with E-state index in [9.17, 15) is 0 Å². The van der Waals surface area contributed by atoms with Crippen LogP contribution in [0.15, 0.2) is 48.8 Å². The van der Waals surface area contributed by atoms with Crippen LogP contribution >= 0.6 is 11.3 Å². The number of nitrogens with zero attached hydrogens (tertiary/aromatic N) is 4. The summed E-state index contributed by atoms with van der Waals surface area (Å²) in [7, 11) is 0. The van der Waals surface area contributed by atoms with Crippen molar-refractivity contribution >= 4 is 22.7 Å². The minimum atomic E-state index is 0.640. The second kappa shape index (κ2) is 5.14. The van der Waals surface area contributed by atoms with Crippen molar-refractivity contribution in [1.82, 2.24) is 19.6 Å². The first-order valence-electron chi connectivity index (χ1n) is 7.95. The Morgan fingerprint density at radius 2 is 2.00 bits per heavy atom. The molecule has 1 aromatic carbocycles. The van der Waals surface area contributed by atoms with Crippen molar-refractivity contribution in [3.63, 3.8) is 0 Å². The lowest BCUT2D eigenvalue weighted by Gasteiger charge is -2.04. The normalized spacial score (nSPS) is 14.3. The van der Waals surface area contributed by atoms with Gasteiger partial charge in [0.1, 0.15) is 15.7 Å². The molecule has 6 heteroatoms. The van der Waals surface area contributed by atoms with Crippen LogP contribution in [0.4, 0.5) is 5.69 Å². The number of aromatic nitrogens is 4. The summed E-state index contributed by atoms with van der Waals surface area (Å²) in [6.07, 6.45) is 6.41. The minimum Gasteiger partial charge on any atom is -0.399 e. The monoisotopic (exact) mass is 333 g/mol. The molecule has 1 saturated carbocycles. The molecule has 1 aliphatic carbocycles. The molecule has 0 amide bonds. The number of rotatable bonds is 3. The molecular formula is C18H15N5S. The van der Waals surface area contributed by atoms with E-state index >= 15 is 0 Å². The highest BCUT2D eigenvalue weighted by Crippen LogP contribution is 2.42. The maximum atomic E-state index is 5.90.